The first kappa shape index (κ1) is 18.7. The summed E-state index contributed by atoms with van der Waals surface area (Å²) in [5, 5.41) is 17.0. The van der Waals surface area contributed by atoms with E-state index in [9.17, 15) is 9.59 Å². The molecule has 0 aromatic carbocycles. The largest absolute Gasteiger partial charge is 0.467 e. The number of carbonyl (C=O) groups excluding carboxylic acids is 2. The zero-order valence-corrected chi connectivity index (χ0v) is 15.8. The molecule has 10 heteroatoms. The van der Waals surface area contributed by atoms with Crippen LogP contribution in [0.3, 0.4) is 0 Å². The maximum atomic E-state index is 11.9. The Kier molecular flexibility index (Phi) is 6.89. The van der Waals surface area contributed by atoms with Gasteiger partial charge in [0.15, 0.2) is 4.34 Å². The zero-order valence-electron chi connectivity index (χ0n) is 14.2. The smallest absolute Gasteiger partial charge is 0.321 e. The fourth-order valence-corrected chi connectivity index (χ4v) is 4.22. The standard InChI is InChI=1S/C16H21N5O3S2/c22-13(19-14(23)18-11-5-2-1-3-6-11)10-25-16-21-20-15(26-16)17-9-12-7-4-8-24-12/h4,7-8,11H,1-3,5-6,9-10H2,(H,17,20)(H2,18,19,22,23). The van der Waals surface area contributed by atoms with Gasteiger partial charge in [0.05, 0.1) is 18.6 Å². The van der Waals surface area contributed by atoms with Crippen LogP contribution in [-0.4, -0.2) is 33.9 Å². The van der Waals surface area contributed by atoms with Crippen LogP contribution in [0.2, 0.25) is 0 Å². The van der Waals surface area contributed by atoms with Crippen molar-refractivity contribution in [3.8, 4) is 0 Å². The molecule has 1 aliphatic carbocycles. The predicted octanol–water partition coefficient (Wildman–Crippen LogP) is 2.99. The molecule has 0 atom stereocenters. The summed E-state index contributed by atoms with van der Waals surface area (Å²) in [6.45, 7) is 0.522. The van der Waals surface area contributed by atoms with Crippen molar-refractivity contribution in [3.05, 3.63) is 24.2 Å². The fraction of sp³-hybridized carbons (Fsp3) is 0.500. The second-order valence-electron chi connectivity index (χ2n) is 5.95. The lowest BCUT2D eigenvalue weighted by molar-refractivity contribution is -0.117. The molecule has 3 N–H and O–H groups in total. The molecule has 0 aliphatic heterocycles. The van der Waals surface area contributed by atoms with Crippen LogP contribution in [0.25, 0.3) is 0 Å². The third-order valence-corrected chi connectivity index (χ3v) is 5.93. The molecule has 2 heterocycles. The Balaban J connectivity index is 1.35. The molecule has 3 rings (SSSR count). The summed E-state index contributed by atoms with van der Waals surface area (Å²) in [6, 6.07) is 3.45. The number of hydrogen-bond acceptors (Lipinski definition) is 8. The van der Waals surface area contributed by atoms with E-state index in [-0.39, 0.29) is 17.7 Å². The second-order valence-corrected chi connectivity index (χ2v) is 8.15. The summed E-state index contributed by atoms with van der Waals surface area (Å²) in [5.74, 6) is 0.576. The number of anilines is 1. The number of hydrogen-bond donors (Lipinski definition) is 3. The highest BCUT2D eigenvalue weighted by molar-refractivity contribution is 8.01. The van der Waals surface area contributed by atoms with Gasteiger partial charge in [-0.05, 0) is 25.0 Å². The van der Waals surface area contributed by atoms with Crippen molar-refractivity contribution in [2.45, 2.75) is 49.0 Å². The minimum atomic E-state index is -0.416. The lowest BCUT2D eigenvalue weighted by atomic mass is 9.96. The fourth-order valence-electron chi connectivity index (χ4n) is 2.67. The molecule has 0 saturated heterocycles. The van der Waals surface area contributed by atoms with Crippen LogP contribution in [0.4, 0.5) is 9.93 Å². The van der Waals surface area contributed by atoms with E-state index in [1.807, 2.05) is 12.1 Å². The third kappa shape index (κ3) is 6.03. The number of carbonyl (C=O) groups is 2. The molecule has 0 unspecified atom stereocenters. The number of nitrogens with one attached hydrogen (secondary N) is 3. The van der Waals surface area contributed by atoms with E-state index >= 15 is 0 Å². The van der Waals surface area contributed by atoms with Crippen LogP contribution in [-0.2, 0) is 11.3 Å². The van der Waals surface area contributed by atoms with Gasteiger partial charge in [0, 0.05) is 6.04 Å². The number of furan rings is 1. The highest BCUT2D eigenvalue weighted by Gasteiger charge is 2.17. The van der Waals surface area contributed by atoms with E-state index < -0.39 is 6.03 Å². The van der Waals surface area contributed by atoms with Crippen molar-refractivity contribution < 1.29 is 14.0 Å². The molecule has 0 radical (unpaired) electrons. The highest BCUT2D eigenvalue weighted by Crippen LogP contribution is 2.25. The highest BCUT2D eigenvalue weighted by atomic mass is 32.2. The maximum absolute atomic E-state index is 11.9. The molecule has 1 fully saturated rings. The predicted molar refractivity (Wildman–Crippen MR) is 100 cm³/mol. The van der Waals surface area contributed by atoms with Gasteiger partial charge in [-0.1, -0.05) is 42.4 Å². The first-order chi connectivity index (χ1) is 12.7. The van der Waals surface area contributed by atoms with Crippen molar-refractivity contribution >= 4 is 40.2 Å². The minimum absolute atomic E-state index is 0.116. The number of nitrogens with zero attached hydrogens (tertiary/aromatic N) is 2. The van der Waals surface area contributed by atoms with Crippen LogP contribution < -0.4 is 16.0 Å². The van der Waals surface area contributed by atoms with Crippen LogP contribution in [0.5, 0.6) is 0 Å². The minimum Gasteiger partial charge on any atom is -0.467 e. The number of rotatable bonds is 7. The van der Waals surface area contributed by atoms with Gasteiger partial charge in [0.25, 0.3) is 0 Å². The topological polar surface area (TPSA) is 109 Å². The van der Waals surface area contributed by atoms with E-state index in [0.717, 1.165) is 31.4 Å². The van der Waals surface area contributed by atoms with E-state index in [1.165, 1.54) is 29.5 Å². The molecular formula is C16H21N5O3S2. The SMILES string of the molecule is O=C(CSc1nnc(NCc2ccco2)s1)NC(=O)NC1CCCCC1. The Morgan fingerprint density at radius 2 is 2.12 bits per heavy atom. The van der Waals surface area contributed by atoms with Gasteiger partial charge in [-0.2, -0.15) is 0 Å². The van der Waals surface area contributed by atoms with Crippen molar-refractivity contribution in [3.63, 3.8) is 0 Å². The molecule has 26 heavy (non-hydrogen) atoms. The third-order valence-electron chi connectivity index (χ3n) is 3.92. The lowest BCUT2D eigenvalue weighted by Crippen LogP contribution is -2.45. The Morgan fingerprint density at radius 3 is 2.88 bits per heavy atom. The van der Waals surface area contributed by atoms with Crippen LogP contribution in [0.15, 0.2) is 27.2 Å². The first-order valence-electron chi connectivity index (χ1n) is 8.52. The zero-order chi connectivity index (χ0) is 18.2. The van der Waals surface area contributed by atoms with Crippen molar-refractivity contribution in [2.24, 2.45) is 0 Å². The molecule has 0 spiro atoms. The number of thioether (sulfide) groups is 1. The van der Waals surface area contributed by atoms with E-state index in [2.05, 4.69) is 26.1 Å². The molecular weight excluding hydrogens is 374 g/mol. The van der Waals surface area contributed by atoms with Gasteiger partial charge in [-0.25, -0.2) is 4.79 Å². The number of amides is 3. The van der Waals surface area contributed by atoms with Gasteiger partial charge in [-0.15, -0.1) is 10.2 Å². The van der Waals surface area contributed by atoms with Gasteiger partial charge in [-0.3, -0.25) is 10.1 Å². The average Bonchev–Trinajstić information content (AvgIpc) is 3.31. The number of imide groups is 1. The molecule has 3 amide bonds. The quantitative estimate of drug-likeness (QED) is 0.618. The maximum Gasteiger partial charge on any atom is 0.321 e. The molecule has 1 saturated carbocycles. The Labute approximate surface area is 159 Å². The molecule has 8 nitrogen and oxygen atoms in total. The Morgan fingerprint density at radius 1 is 1.27 bits per heavy atom. The molecule has 2 aromatic heterocycles. The van der Waals surface area contributed by atoms with Crippen LogP contribution >= 0.6 is 23.1 Å². The summed E-state index contributed by atoms with van der Waals surface area (Å²) < 4.78 is 5.89. The van der Waals surface area contributed by atoms with Crippen LogP contribution in [0.1, 0.15) is 37.9 Å². The summed E-state index contributed by atoms with van der Waals surface area (Å²) in [4.78, 5) is 23.7. The van der Waals surface area contributed by atoms with Crippen molar-refractivity contribution in [1.82, 2.24) is 20.8 Å². The van der Waals surface area contributed by atoms with E-state index in [0.29, 0.717) is 16.0 Å². The molecule has 2 aromatic rings. The van der Waals surface area contributed by atoms with Gasteiger partial charge < -0.3 is 15.1 Å². The number of urea groups is 1. The second kappa shape index (κ2) is 9.58. The normalized spacial score (nSPS) is 14.8. The first-order valence-corrected chi connectivity index (χ1v) is 10.3. The Bertz CT molecular complexity index is 713. The summed E-state index contributed by atoms with van der Waals surface area (Å²) in [5.41, 5.74) is 0. The van der Waals surface area contributed by atoms with Crippen LogP contribution in [0, 0.1) is 0 Å². The average molecular weight is 396 g/mol. The molecule has 0 bridgehead atoms. The van der Waals surface area contributed by atoms with Crippen molar-refractivity contribution in [2.75, 3.05) is 11.1 Å². The molecule has 1 aliphatic rings. The van der Waals surface area contributed by atoms with E-state index in [4.69, 9.17) is 4.42 Å². The summed E-state index contributed by atoms with van der Waals surface area (Å²) in [6.07, 6.45) is 7.05. The van der Waals surface area contributed by atoms with E-state index in [1.54, 1.807) is 6.26 Å². The Hall–Kier alpha value is -2.07. The van der Waals surface area contributed by atoms with Crippen molar-refractivity contribution in [1.29, 1.82) is 0 Å². The lowest BCUT2D eigenvalue weighted by Gasteiger charge is -2.22. The van der Waals surface area contributed by atoms with Gasteiger partial charge in [0.1, 0.15) is 5.76 Å². The summed E-state index contributed by atoms with van der Waals surface area (Å²) in [7, 11) is 0. The monoisotopic (exact) mass is 395 g/mol. The van der Waals surface area contributed by atoms with Gasteiger partial charge >= 0.3 is 6.03 Å². The summed E-state index contributed by atoms with van der Waals surface area (Å²) >= 11 is 2.60. The van der Waals surface area contributed by atoms with Gasteiger partial charge in [0.2, 0.25) is 11.0 Å². The number of aromatic nitrogens is 2. The molecule has 140 valence electrons.